The molecule has 0 heterocycles. The van der Waals surface area contributed by atoms with Crippen LogP contribution in [0.1, 0.15) is 19.3 Å². The highest BCUT2D eigenvalue weighted by atomic mass is 16.9. The molecule has 1 aliphatic rings. The Hall–Kier alpha value is -0.800. The molecule has 1 fully saturated rings. The SMILES string of the molecule is O=[N+]([O-])OCCCC1[CH]C1. The Kier molecular flexibility index (Phi) is 2.48. The lowest BCUT2D eigenvalue weighted by Gasteiger charge is -1.95. The van der Waals surface area contributed by atoms with E-state index in [2.05, 4.69) is 11.3 Å². The molecule has 4 heteroatoms. The van der Waals surface area contributed by atoms with Gasteiger partial charge in [-0.15, -0.1) is 10.1 Å². The van der Waals surface area contributed by atoms with Crippen LogP contribution in [0.15, 0.2) is 0 Å². The first-order chi connectivity index (χ1) is 4.79. The molecule has 10 heavy (non-hydrogen) atoms. The van der Waals surface area contributed by atoms with Gasteiger partial charge in [-0.25, -0.2) is 0 Å². The molecule has 57 valence electrons. The molecule has 0 spiro atoms. The lowest BCUT2D eigenvalue weighted by molar-refractivity contribution is -0.757. The molecule has 4 nitrogen and oxygen atoms in total. The first-order valence-electron chi connectivity index (χ1n) is 3.39. The van der Waals surface area contributed by atoms with E-state index in [0.29, 0.717) is 0 Å². The largest absolute Gasteiger partial charge is 0.314 e. The molecule has 0 amide bonds. The van der Waals surface area contributed by atoms with Gasteiger partial charge in [0.1, 0.15) is 0 Å². The lowest BCUT2D eigenvalue weighted by atomic mass is 10.2. The van der Waals surface area contributed by atoms with E-state index >= 15 is 0 Å². The topological polar surface area (TPSA) is 52.4 Å². The van der Waals surface area contributed by atoms with Crippen molar-refractivity contribution in [3.05, 3.63) is 16.5 Å². The van der Waals surface area contributed by atoms with Gasteiger partial charge in [-0.1, -0.05) is 0 Å². The third-order valence-corrected chi connectivity index (χ3v) is 1.48. The summed E-state index contributed by atoms with van der Waals surface area (Å²) in [4.78, 5) is 13.8. The summed E-state index contributed by atoms with van der Waals surface area (Å²) in [5, 5.41) is 8.90. The highest BCUT2D eigenvalue weighted by molar-refractivity contribution is 4.93. The van der Waals surface area contributed by atoms with E-state index in [1.807, 2.05) is 0 Å². The molecular formula is C6H10NO3. The quantitative estimate of drug-likeness (QED) is 0.331. The van der Waals surface area contributed by atoms with Gasteiger partial charge in [-0.3, -0.25) is 0 Å². The fourth-order valence-electron chi connectivity index (χ4n) is 0.817. The molecule has 1 atom stereocenters. The maximum Gasteiger partial charge on any atom is 0.294 e. The van der Waals surface area contributed by atoms with E-state index in [4.69, 9.17) is 0 Å². The maximum absolute atomic E-state index is 9.64. The third kappa shape index (κ3) is 3.27. The van der Waals surface area contributed by atoms with Crippen LogP contribution in [0.25, 0.3) is 0 Å². The number of nitrogens with zero attached hydrogens (tertiary/aromatic N) is 1. The molecule has 1 aliphatic carbocycles. The fourth-order valence-corrected chi connectivity index (χ4v) is 0.817. The number of hydrogen-bond donors (Lipinski definition) is 0. The summed E-state index contributed by atoms with van der Waals surface area (Å²) >= 11 is 0. The van der Waals surface area contributed by atoms with Crippen molar-refractivity contribution in [1.82, 2.24) is 0 Å². The molecule has 1 radical (unpaired) electrons. The van der Waals surface area contributed by atoms with Crippen LogP contribution >= 0.6 is 0 Å². The van der Waals surface area contributed by atoms with Crippen LogP contribution in [0.3, 0.4) is 0 Å². The second-order valence-electron chi connectivity index (χ2n) is 2.43. The monoisotopic (exact) mass is 144 g/mol. The van der Waals surface area contributed by atoms with E-state index in [-0.39, 0.29) is 6.61 Å². The summed E-state index contributed by atoms with van der Waals surface area (Å²) in [6.45, 7) is 0.247. The van der Waals surface area contributed by atoms with E-state index in [9.17, 15) is 10.1 Å². The molecule has 0 aromatic heterocycles. The summed E-state index contributed by atoms with van der Waals surface area (Å²) in [5.74, 6) is 0.718. The van der Waals surface area contributed by atoms with Crippen LogP contribution < -0.4 is 0 Å². The molecule has 0 aromatic rings. The molecular weight excluding hydrogens is 134 g/mol. The zero-order valence-corrected chi connectivity index (χ0v) is 5.66. The highest BCUT2D eigenvalue weighted by Crippen LogP contribution is 2.31. The first kappa shape index (κ1) is 7.31. The van der Waals surface area contributed by atoms with Gasteiger partial charge in [0, 0.05) is 0 Å². The van der Waals surface area contributed by atoms with Gasteiger partial charge in [-0.2, -0.15) is 0 Å². The van der Waals surface area contributed by atoms with Crippen LogP contribution in [0.5, 0.6) is 0 Å². The van der Waals surface area contributed by atoms with Crippen LogP contribution in [-0.2, 0) is 4.84 Å². The first-order valence-corrected chi connectivity index (χ1v) is 3.39. The van der Waals surface area contributed by atoms with Crippen molar-refractivity contribution in [2.75, 3.05) is 6.61 Å². The fraction of sp³-hybridized carbons (Fsp3) is 0.833. The molecule has 1 unspecified atom stereocenters. The van der Waals surface area contributed by atoms with Crippen molar-refractivity contribution in [3.8, 4) is 0 Å². The Balaban J connectivity index is 1.80. The summed E-state index contributed by atoms with van der Waals surface area (Å²) in [6, 6.07) is 0. The number of hydrogen-bond acceptors (Lipinski definition) is 3. The number of rotatable bonds is 5. The van der Waals surface area contributed by atoms with Crippen molar-refractivity contribution in [2.45, 2.75) is 19.3 Å². The average Bonchev–Trinajstić information content (AvgIpc) is 2.62. The average molecular weight is 144 g/mol. The van der Waals surface area contributed by atoms with Gasteiger partial charge in [-0.05, 0) is 31.6 Å². The van der Waals surface area contributed by atoms with Crippen LogP contribution in [0.4, 0.5) is 0 Å². The summed E-state index contributed by atoms with van der Waals surface area (Å²) < 4.78 is 0. The van der Waals surface area contributed by atoms with E-state index in [1.54, 1.807) is 0 Å². The lowest BCUT2D eigenvalue weighted by Crippen LogP contribution is -2.01. The van der Waals surface area contributed by atoms with E-state index in [0.717, 1.165) is 18.8 Å². The molecule has 0 aliphatic heterocycles. The van der Waals surface area contributed by atoms with Gasteiger partial charge < -0.3 is 4.84 Å². The van der Waals surface area contributed by atoms with Crippen LogP contribution in [0.2, 0.25) is 0 Å². The zero-order valence-electron chi connectivity index (χ0n) is 5.66. The smallest absolute Gasteiger partial charge is 0.294 e. The Morgan fingerprint density at radius 3 is 3.00 bits per heavy atom. The molecule has 0 bridgehead atoms. The van der Waals surface area contributed by atoms with Gasteiger partial charge >= 0.3 is 0 Å². The van der Waals surface area contributed by atoms with Crippen LogP contribution in [0, 0.1) is 22.5 Å². The van der Waals surface area contributed by atoms with E-state index in [1.165, 1.54) is 6.42 Å². The summed E-state index contributed by atoms with van der Waals surface area (Å²) in [6.07, 6.45) is 5.21. The van der Waals surface area contributed by atoms with Crippen molar-refractivity contribution >= 4 is 0 Å². The Morgan fingerprint density at radius 2 is 2.50 bits per heavy atom. The highest BCUT2D eigenvalue weighted by Gasteiger charge is 2.20. The maximum atomic E-state index is 9.64. The minimum atomic E-state index is -0.739. The predicted molar refractivity (Wildman–Crippen MR) is 34.6 cm³/mol. The minimum absolute atomic E-state index is 0.247. The zero-order chi connectivity index (χ0) is 7.40. The van der Waals surface area contributed by atoms with Gasteiger partial charge in [0.15, 0.2) is 0 Å². The van der Waals surface area contributed by atoms with E-state index < -0.39 is 5.09 Å². The predicted octanol–water partition coefficient (Wildman–Crippen LogP) is 1.20. The van der Waals surface area contributed by atoms with Crippen molar-refractivity contribution < 1.29 is 9.92 Å². The second-order valence-corrected chi connectivity index (χ2v) is 2.43. The third-order valence-electron chi connectivity index (χ3n) is 1.48. The Labute approximate surface area is 59.3 Å². The van der Waals surface area contributed by atoms with Crippen molar-refractivity contribution in [2.24, 2.45) is 5.92 Å². The normalized spacial score (nSPS) is 16.8. The molecule has 0 aromatic carbocycles. The second kappa shape index (κ2) is 3.39. The van der Waals surface area contributed by atoms with Gasteiger partial charge in [0.05, 0.1) is 6.61 Å². The summed E-state index contributed by atoms with van der Waals surface area (Å²) in [7, 11) is 0. The molecule has 1 saturated carbocycles. The standard InChI is InChI=1S/C6H10NO3/c8-7(9)10-5-1-2-6-3-4-6/h3,6H,1-2,4-5H2. The minimum Gasteiger partial charge on any atom is -0.314 e. The summed E-state index contributed by atoms with van der Waals surface area (Å²) in [5.41, 5.74) is 0. The van der Waals surface area contributed by atoms with Gasteiger partial charge in [0.2, 0.25) is 0 Å². The van der Waals surface area contributed by atoms with Crippen LogP contribution in [-0.4, -0.2) is 11.7 Å². The van der Waals surface area contributed by atoms with Crippen molar-refractivity contribution in [3.63, 3.8) is 0 Å². The molecule has 0 N–H and O–H groups in total. The Bertz CT molecular complexity index is 122. The Morgan fingerprint density at radius 1 is 1.80 bits per heavy atom. The molecule has 1 rings (SSSR count). The van der Waals surface area contributed by atoms with Crippen molar-refractivity contribution in [1.29, 1.82) is 0 Å². The van der Waals surface area contributed by atoms with Gasteiger partial charge in [0.25, 0.3) is 5.09 Å². The molecule has 0 saturated heterocycles.